The van der Waals surface area contributed by atoms with E-state index in [-0.39, 0.29) is 11.3 Å². The molecule has 6 rings (SSSR count). The number of hydrogen-bond acceptors (Lipinski definition) is 4. The van der Waals surface area contributed by atoms with Crippen LogP contribution >= 0.6 is 0 Å². The molecule has 2 aliphatic rings. The van der Waals surface area contributed by atoms with Gasteiger partial charge >= 0.3 is 0 Å². The van der Waals surface area contributed by atoms with Crippen molar-refractivity contribution >= 4 is 33.9 Å². The summed E-state index contributed by atoms with van der Waals surface area (Å²) in [5.74, 6) is -0.942. The van der Waals surface area contributed by atoms with Gasteiger partial charge in [0.1, 0.15) is 11.5 Å². The summed E-state index contributed by atoms with van der Waals surface area (Å²) in [6.07, 6.45) is 4.23. The summed E-state index contributed by atoms with van der Waals surface area (Å²) in [6.45, 7) is 0. The van der Waals surface area contributed by atoms with E-state index in [1.807, 2.05) is 60.7 Å². The first-order valence-corrected chi connectivity index (χ1v) is 12.6. The molecule has 5 nitrogen and oxygen atoms in total. The highest BCUT2D eigenvalue weighted by molar-refractivity contribution is 6.52. The number of anilines is 1. The number of ketones is 1. The third-order valence-electron chi connectivity index (χ3n) is 7.52. The minimum Gasteiger partial charge on any atom is -0.507 e. The number of carbonyl (C=O) groups is 2. The highest BCUT2D eigenvalue weighted by atomic mass is 16.5. The van der Waals surface area contributed by atoms with Crippen LogP contribution in [-0.2, 0) is 22.4 Å². The lowest BCUT2D eigenvalue weighted by Crippen LogP contribution is -2.29. The van der Waals surface area contributed by atoms with E-state index in [0.29, 0.717) is 17.0 Å². The molecule has 1 fully saturated rings. The van der Waals surface area contributed by atoms with Gasteiger partial charge in [0.25, 0.3) is 11.7 Å². The van der Waals surface area contributed by atoms with Crippen molar-refractivity contribution in [1.82, 2.24) is 0 Å². The molecular formula is C32H27NO4. The fourth-order valence-electron chi connectivity index (χ4n) is 5.68. The van der Waals surface area contributed by atoms with Crippen molar-refractivity contribution in [3.05, 3.63) is 113 Å². The minimum atomic E-state index is -0.797. The monoisotopic (exact) mass is 489 g/mol. The molecule has 1 heterocycles. The molecule has 1 amide bonds. The molecule has 1 aliphatic heterocycles. The second kappa shape index (κ2) is 9.25. The number of ether oxygens (including phenoxy) is 1. The van der Waals surface area contributed by atoms with Crippen LogP contribution in [0.15, 0.2) is 90.5 Å². The molecule has 184 valence electrons. The standard InChI is InChI=1S/C32H27NO4/c1-37-25-13-7-12-24(19-25)33-29(27-15-6-11-21-9-4-5-14-26(21)27)28(31(35)32(33)36)30(34)23-17-16-20-8-2-3-10-22(20)18-23/h4-7,9,11-19,29,34H,2-3,8,10H2,1H3/b30-28-. The van der Waals surface area contributed by atoms with Gasteiger partial charge in [-0.1, -0.05) is 60.7 Å². The molecule has 5 heteroatoms. The third-order valence-corrected chi connectivity index (χ3v) is 7.52. The zero-order chi connectivity index (χ0) is 25.5. The molecule has 0 saturated carbocycles. The van der Waals surface area contributed by atoms with Crippen LogP contribution in [0.3, 0.4) is 0 Å². The molecule has 1 N–H and O–H groups in total. The lowest BCUT2D eigenvalue weighted by molar-refractivity contribution is -0.132. The van der Waals surface area contributed by atoms with Gasteiger partial charge in [0.15, 0.2) is 0 Å². The summed E-state index contributed by atoms with van der Waals surface area (Å²) in [4.78, 5) is 28.7. The van der Waals surface area contributed by atoms with Gasteiger partial charge in [-0.15, -0.1) is 0 Å². The van der Waals surface area contributed by atoms with Crippen molar-refractivity contribution in [3.63, 3.8) is 0 Å². The predicted molar refractivity (Wildman–Crippen MR) is 145 cm³/mol. The van der Waals surface area contributed by atoms with E-state index in [0.717, 1.165) is 42.0 Å². The average Bonchev–Trinajstić information content (AvgIpc) is 3.21. The maximum absolute atomic E-state index is 13.6. The van der Waals surface area contributed by atoms with Gasteiger partial charge in [0.2, 0.25) is 0 Å². The quantitative estimate of drug-likeness (QED) is 0.206. The fourth-order valence-corrected chi connectivity index (χ4v) is 5.68. The van der Waals surface area contributed by atoms with E-state index in [1.165, 1.54) is 16.0 Å². The number of amides is 1. The van der Waals surface area contributed by atoms with E-state index in [4.69, 9.17) is 4.74 Å². The lowest BCUT2D eigenvalue weighted by Gasteiger charge is -2.27. The number of methoxy groups -OCH3 is 1. The molecule has 4 aromatic rings. The summed E-state index contributed by atoms with van der Waals surface area (Å²) in [5, 5.41) is 13.5. The first-order chi connectivity index (χ1) is 18.1. The van der Waals surface area contributed by atoms with Crippen molar-refractivity contribution < 1.29 is 19.4 Å². The van der Waals surface area contributed by atoms with Crippen molar-refractivity contribution in [2.75, 3.05) is 12.0 Å². The predicted octanol–water partition coefficient (Wildman–Crippen LogP) is 6.35. The van der Waals surface area contributed by atoms with Crippen LogP contribution in [0.2, 0.25) is 0 Å². The molecule has 0 aromatic heterocycles. The van der Waals surface area contributed by atoms with Gasteiger partial charge < -0.3 is 9.84 Å². The van der Waals surface area contributed by atoms with Crippen molar-refractivity contribution in [2.24, 2.45) is 0 Å². The molecule has 1 saturated heterocycles. The number of nitrogens with zero attached hydrogens (tertiary/aromatic N) is 1. The molecule has 0 radical (unpaired) electrons. The van der Waals surface area contributed by atoms with Crippen LogP contribution in [-0.4, -0.2) is 23.9 Å². The Morgan fingerprint density at radius 3 is 2.46 bits per heavy atom. The van der Waals surface area contributed by atoms with E-state index in [2.05, 4.69) is 0 Å². The number of rotatable bonds is 4. The Morgan fingerprint density at radius 1 is 0.865 bits per heavy atom. The van der Waals surface area contributed by atoms with Crippen LogP contribution in [0.4, 0.5) is 5.69 Å². The lowest BCUT2D eigenvalue weighted by atomic mass is 9.88. The van der Waals surface area contributed by atoms with Crippen LogP contribution < -0.4 is 9.64 Å². The number of aliphatic hydroxyl groups excluding tert-OH is 1. The maximum atomic E-state index is 13.6. The van der Waals surface area contributed by atoms with E-state index >= 15 is 0 Å². The highest BCUT2D eigenvalue weighted by Crippen LogP contribution is 2.45. The molecule has 1 unspecified atom stereocenters. The normalized spacial score (nSPS) is 18.7. The molecule has 0 bridgehead atoms. The topological polar surface area (TPSA) is 66.8 Å². The summed E-state index contributed by atoms with van der Waals surface area (Å²) in [6, 6.07) is 25.9. The zero-order valence-corrected chi connectivity index (χ0v) is 20.6. The van der Waals surface area contributed by atoms with Crippen LogP contribution in [0, 0.1) is 0 Å². The van der Waals surface area contributed by atoms with E-state index < -0.39 is 17.7 Å². The molecule has 4 aromatic carbocycles. The van der Waals surface area contributed by atoms with Crippen molar-refractivity contribution in [3.8, 4) is 5.75 Å². The Labute approximate surface area is 215 Å². The summed E-state index contributed by atoms with van der Waals surface area (Å²) >= 11 is 0. The largest absolute Gasteiger partial charge is 0.507 e. The number of aliphatic hydroxyl groups is 1. The molecule has 0 spiro atoms. The van der Waals surface area contributed by atoms with Gasteiger partial charge in [0.05, 0.1) is 18.7 Å². The number of hydrogen-bond donors (Lipinski definition) is 1. The summed E-state index contributed by atoms with van der Waals surface area (Å²) in [5.41, 5.74) is 4.45. The minimum absolute atomic E-state index is 0.0972. The van der Waals surface area contributed by atoms with Gasteiger partial charge in [-0.2, -0.15) is 0 Å². The number of fused-ring (bicyclic) bond motifs is 2. The van der Waals surface area contributed by atoms with Crippen LogP contribution in [0.25, 0.3) is 16.5 Å². The highest BCUT2D eigenvalue weighted by Gasteiger charge is 2.47. The van der Waals surface area contributed by atoms with Crippen molar-refractivity contribution in [1.29, 1.82) is 0 Å². The molecule has 1 aliphatic carbocycles. The first-order valence-electron chi connectivity index (χ1n) is 12.6. The Kier molecular flexibility index (Phi) is 5.76. The SMILES string of the molecule is COc1cccc(N2C(=O)C(=O)/C(=C(\O)c3ccc4c(c3)CCCC4)C2c2cccc3ccccc23)c1. The number of aryl methyl sites for hydroxylation is 2. The first kappa shape index (κ1) is 23.0. The second-order valence-corrected chi connectivity index (χ2v) is 9.63. The fraction of sp³-hybridized carbons (Fsp3) is 0.188. The summed E-state index contributed by atoms with van der Waals surface area (Å²) < 4.78 is 5.40. The zero-order valence-electron chi connectivity index (χ0n) is 20.6. The summed E-state index contributed by atoms with van der Waals surface area (Å²) in [7, 11) is 1.56. The molecule has 37 heavy (non-hydrogen) atoms. The van der Waals surface area contributed by atoms with Gasteiger partial charge in [-0.3, -0.25) is 14.5 Å². The maximum Gasteiger partial charge on any atom is 0.300 e. The van der Waals surface area contributed by atoms with Crippen molar-refractivity contribution in [2.45, 2.75) is 31.7 Å². The Balaban J connectivity index is 1.60. The van der Waals surface area contributed by atoms with Gasteiger partial charge in [-0.25, -0.2) is 0 Å². The number of benzene rings is 4. The number of Topliss-reactive ketones (excluding diaryl/α,β-unsaturated/α-hetero) is 1. The van der Waals surface area contributed by atoms with E-state index in [9.17, 15) is 14.7 Å². The Bertz CT molecular complexity index is 1580. The smallest absolute Gasteiger partial charge is 0.300 e. The van der Waals surface area contributed by atoms with E-state index in [1.54, 1.807) is 31.4 Å². The second-order valence-electron chi connectivity index (χ2n) is 9.63. The van der Waals surface area contributed by atoms with Crippen LogP contribution in [0.1, 0.15) is 41.1 Å². The van der Waals surface area contributed by atoms with Gasteiger partial charge in [0, 0.05) is 17.3 Å². The molecular weight excluding hydrogens is 462 g/mol. The number of carbonyl (C=O) groups excluding carboxylic acids is 2. The van der Waals surface area contributed by atoms with Gasteiger partial charge in [-0.05, 0) is 71.3 Å². The molecule has 1 atom stereocenters. The average molecular weight is 490 g/mol. The third kappa shape index (κ3) is 3.87. The Morgan fingerprint density at radius 2 is 1.62 bits per heavy atom. The Hall–Kier alpha value is -4.38. The van der Waals surface area contributed by atoms with Crippen LogP contribution in [0.5, 0.6) is 5.75 Å².